The number of aliphatic carboxylic acids is 1. The van der Waals surface area contributed by atoms with Crippen molar-refractivity contribution in [3.8, 4) is 11.5 Å². The van der Waals surface area contributed by atoms with Crippen LogP contribution < -0.4 is 14.8 Å². The van der Waals surface area contributed by atoms with Gasteiger partial charge in [0.1, 0.15) is 5.60 Å². The highest BCUT2D eigenvalue weighted by Crippen LogP contribution is 2.33. The molecule has 1 aromatic carbocycles. The Kier molecular flexibility index (Phi) is 12.6. The molecular weight excluding hydrogens is 518 g/mol. The Bertz CT molecular complexity index is 1040. The minimum Gasteiger partial charge on any atom is -0.477 e. The van der Waals surface area contributed by atoms with Gasteiger partial charge in [-0.25, -0.2) is 9.59 Å². The van der Waals surface area contributed by atoms with Gasteiger partial charge >= 0.3 is 24.1 Å². The maximum atomic E-state index is 12.8. The van der Waals surface area contributed by atoms with E-state index in [4.69, 9.17) is 18.9 Å². The molecule has 10 heteroatoms. The Labute approximate surface area is 238 Å². The lowest BCUT2D eigenvalue weighted by Crippen LogP contribution is -2.60. The molecule has 0 spiro atoms. The molecule has 226 valence electrons. The summed E-state index contributed by atoms with van der Waals surface area (Å²) >= 11 is 0. The summed E-state index contributed by atoms with van der Waals surface area (Å²) < 4.78 is 21.9. The number of carboxylic acid groups (broad SMARTS) is 1. The smallest absolute Gasteiger partial charge is 0.477 e. The first kappa shape index (κ1) is 34.9. The van der Waals surface area contributed by atoms with Crippen LogP contribution in [0.2, 0.25) is 0 Å². The molecule has 40 heavy (non-hydrogen) atoms. The van der Waals surface area contributed by atoms with Crippen molar-refractivity contribution in [1.29, 1.82) is 0 Å². The Hall–Kier alpha value is -3.14. The standard InChI is InChI=1S/C30H47NO9/c1-12-19(6)31-30(27(34)35,40-28(36)39-29(9,10)11)16-22-13-14-23(37-25(32)20(7)17(2)3)24(15-22)38-26(33)21(8)18(4)5/h13-15,17-21,31H,12,16H2,1-11H3,(H,34,35)/t19?,20?,21?,30-/m0/s1. The van der Waals surface area contributed by atoms with Crippen molar-refractivity contribution in [3.05, 3.63) is 23.8 Å². The molecule has 2 N–H and O–H groups in total. The number of rotatable bonds is 13. The van der Waals surface area contributed by atoms with E-state index in [2.05, 4.69) is 5.32 Å². The van der Waals surface area contributed by atoms with Gasteiger partial charge in [0.25, 0.3) is 5.72 Å². The molecule has 4 atom stereocenters. The van der Waals surface area contributed by atoms with Gasteiger partial charge in [-0.2, -0.15) is 0 Å². The lowest BCUT2D eigenvalue weighted by Gasteiger charge is -2.33. The Morgan fingerprint density at radius 3 is 1.75 bits per heavy atom. The second-order valence-electron chi connectivity index (χ2n) is 12.0. The molecule has 1 rings (SSSR count). The van der Waals surface area contributed by atoms with Crippen LogP contribution >= 0.6 is 0 Å². The maximum absolute atomic E-state index is 12.8. The van der Waals surface area contributed by atoms with Crippen LogP contribution in [0.1, 0.15) is 88.1 Å². The fourth-order valence-electron chi connectivity index (χ4n) is 3.27. The summed E-state index contributed by atoms with van der Waals surface area (Å²) in [4.78, 5) is 50.8. The fraction of sp³-hybridized carbons (Fsp3) is 0.667. The van der Waals surface area contributed by atoms with E-state index in [0.717, 1.165) is 0 Å². The molecule has 0 aliphatic carbocycles. The van der Waals surface area contributed by atoms with E-state index in [-0.39, 0.29) is 35.8 Å². The van der Waals surface area contributed by atoms with Crippen LogP contribution in [0.3, 0.4) is 0 Å². The van der Waals surface area contributed by atoms with Gasteiger partial charge in [-0.3, -0.25) is 14.9 Å². The summed E-state index contributed by atoms with van der Waals surface area (Å²) in [5, 5.41) is 13.2. The molecule has 0 amide bonds. The average Bonchev–Trinajstić information content (AvgIpc) is 2.82. The minimum atomic E-state index is -2.20. The van der Waals surface area contributed by atoms with Crippen molar-refractivity contribution < 1.29 is 43.2 Å². The van der Waals surface area contributed by atoms with Gasteiger partial charge in [0, 0.05) is 12.5 Å². The number of benzene rings is 1. The summed E-state index contributed by atoms with van der Waals surface area (Å²) in [6, 6.07) is 4.04. The zero-order chi connectivity index (χ0) is 31.0. The number of carboxylic acids is 1. The van der Waals surface area contributed by atoms with E-state index >= 15 is 0 Å². The Balaban J connectivity index is 3.57. The Morgan fingerprint density at radius 2 is 1.32 bits per heavy atom. The second kappa shape index (κ2) is 14.5. The van der Waals surface area contributed by atoms with Crippen molar-refractivity contribution in [2.24, 2.45) is 23.7 Å². The van der Waals surface area contributed by atoms with Crippen molar-refractivity contribution in [2.75, 3.05) is 0 Å². The molecule has 3 unspecified atom stereocenters. The van der Waals surface area contributed by atoms with Crippen LogP contribution in [0.15, 0.2) is 18.2 Å². The van der Waals surface area contributed by atoms with Crippen molar-refractivity contribution in [1.82, 2.24) is 5.32 Å². The summed E-state index contributed by atoms with van der Waals surface area (Å²) in [6.45, 7) is 19.5. The van der Waals surface area contributed by atoms with Crippen LogP contribution in [0.25, 0.3) is 0 Å². The molecule has 0 aliphatic heterocycles. The van der Waals surface area contributed by atoms with Gasteiger partial charge in [-0.15, -0.1) is 0 Å². The highest BCUT2D eigenvalue weighted by molar-refractivity contribution is 5.81. The number of hydrogen-bond acceptors (Lipinski definition) is 9. The molecular formula is C30H47NO9. The highest BCUT2D eigenvalue weighted by Gasteiger charge is 2.45. The quantitative estimate of drug-likeness (QED) is 0.173. The number of carbonyl (C=O) groups excluding carboxylic acids is 3. The van der Waals surface area contributed by atoms with Gasteiger partial charge in [-0.05, 0) is 63.6 Å². The molecule has 1 aromatic rings. The van der Waals surface area contributed by atoms with Crippen molar-refractivity contribution in [2.45, 2.75) is 106 Å². The summed E-state index contributed by atoms with van der Waals surface area (Å²) in [5.74, 6) is -3.35. The monoisotopic (exact) mass is 565 g/mol. The molecule has 10 nitrogen and oxygen atoms in total. The summed E-state index contributed by atoms with van der Waals surface area (Å²) in [7, 11) is 0. The fourth-order valence-corrected chi connectivity index (χ4v) is 3.27. The third kappa shape index (κ3) is 10.4. The normalized spacial score (nSPS) is 15.5. The minimum absolute atomic E-state index is 0.00994. The largest absolute Gasteiger partial charge is 0.511 e. The van der Waals surface area contributed by atoms with Gasteiger partial charge in [0.15, 0.2) is 11.5 Å². The predicted molar refractivity (Wildman–Crippen MR) is 150 cm³/mol. The number of nitrogens with one attached hydrogen (secondary N) is 1. The SMILES string of the molecule is CCC(C)N[C@@](Cc1ccc(OC(=O)C(C)C(C)C)c(OC(=O)C(C)C(C)C)c1)(OC(=O)OC(C)(C)C)C(=O)O. The molecule has 0 radical (unpaired) electrons. The zero-order valence-electron chi connectivity index (χ0n) is 25.7. The number of hydrogen-bond donors (Lipinski definition) is 2. The zero-order valence-corrected chi connectivity index (χ0v) is 25.7. The van der Waals surface area contributed by atoms with Crippen LogP contribution in [-0.2, 0) is 30.3 Å². The van der Waals surface area contributed by atoms with E-state index < -0.39 is 47.2 Å². The van der Waals surface area contributed by atoms with E-state index in [1.807, 2.05) is 34.6 Å². The first-order valence-electron chi connectivity index (χ1n) is 13.8. The first-order chi connectivity index (χ1) is 18.3. The van der Waals surface area contributed by atoms with E-state index in [1.165, 1.54) is 18.2 Å². The van der Waals surface area contributed by atoms with Gasteiger partial charge in [0.05, 0.1) is 11.8 Å². The molecule has 0 bridgehead atoms. The molecule has 0 fully saturated rings. The summed E-state index contributed by atoms with van der Waals surface area (Å²) in [5.41, 5.74) is -2.77. The van der Waals surface area contributed by atoms with E-state index in [1.54, 1.807) is 41.5 Å². The molecule has 0 aliphatic rings. The van der Waals surface area contributed by atoms with Gasteiger partial charge < -0.3 is 24.1 Å². The predicted octanol–water partition coefficient (Wildman–Crippen LogP) is 5.74. The van der Waals surface area contributed by atoms with Crippen LogP contribution in [-0.4, -0.2) is 46.5 Å². The van der Waals surface area contributed by atoms with Gasteiger partial charge in [0.2, 0.25) is 0 Å². The van der Waals surface area contributed by atoms with Gasteiger partial charge in [-0.1, -0.05) is 54.5 Å². The summed E-state index contributed by atoms with van der Waals surface area (Å²) in [6.07, 6.45) is -0.949. The van der Waals surface area contributed by atoms with Crippen LogP contribution in [0, 0.1) is 23.7 Å². The van der Waals surface area contributed by atoms with Crippen molar-refractivity contribution in [3.63, 3.8) is 0 Å². The number of carbonyl (C=O) groups is 4. The highest BCUT2D eigenvalue weighted by atomic mass is 16.8. The average molecular weight is 566 g/mol. The lowest BCUT2D eigenvalue weighted by molar-refractivity contribution is -0.169. The number of ether oxygens (including phenoxy) is 4. The molecule has 0 saturated heterocycles. The topological polar surface area (TPSA) is 137 Å². The van der Waals surface area contributed by atoms with Crippen molar-refractivity contribution >= 4 is 24.1 Å². The van der Waals surface area contributed by atoms with Crippen LogP contribution in [0.4, 0.5) is 4.79 Å². The maximum Gasteiger partial charge on any atom is 0.511 e. The second-order valence-corrected chi connectivity index (χ2v) is 12.0. The molecule has 0 heterocycles. The third-order valence-electron chi connectivity index (χ3n) is 6.71. The third-order valence-corrected chi connectivity index (χ3v) is 6.71. The first-order valence-corrected chi connectivity index (χ1v) is 13.8. The van der Waals surface area contributed by atoms with Crippen LogP contribution in [0.5, 0.6) is 11.5 Å². The molecule has 0 saturated carbocycles. The molecule has 0 aromatic heterocycles. The number of esters is 2. The lowest BCUT2D eigenvalue weighted by atomic mass is 9.98. The Morgan fingerprint density at radius 1 is 0.825 bits per heavy atom. The van der Waals surface area contributed by atoms with E-state index in [0.29, 0.717) is 12.0 Å². The van der Waals surface area contributed by atoms with E-state index in [9.17, 15) is 24.3 Å².